The minimum absolute atomic E-state index is 0.622. The van der Waals surface area contributed by atoms with Crippen molar-refractivity contribution in [2.75, 3.05) is 29.9 Å². The predicted octanol–water partition coefficient (Wildman–Crippen LogP) is 2.30. The van der Waals surface area contributed by atoms with Gasteiger partial charge < -0.3 is 14.7 Å². The molecule has 3 heterocycles. The second-order valence-electron chi connectivity index (χ2n) is 5.14. The van der Waals surface area contributed by atoms with Crippen molar-refractivity contribution in [3.05, 3.63) is 23.8 Å². The summed E-state index contributed by atoms with van der Waals surface area (Å²) in [6.45, 7) is 3.09. The first-order chi connectivity index (χ1) is 9.40. The van der Waals surface area contributed by atoms with Crippen LogP contribution >= 0.6 is 0 Å². The zero-order valence-electron chi connectivity index (χ0n) is 10.7. The zero-order valence-corrected chi connectivity index (χ0v) is 10.7. The van der Waals surface area contributed by atoms with Gasteiger partial charge in [0.1, 0.15) is 0 Å². The highest BCUT2D eigenvalue weighted by atomic mass is 16.5. The van der Waals surface area contributed by atoms with Gasteiger partial charge in [0.15, 0.2) is 0 Å². The van der Waals surface area contributed by atoms with Crippen LogP contribution < -0.4 is 10.2 Å². The van der Waals surface area contributed by atoms with Crippen LogP contribution in [-0.2, 0) is 6.42 Å². The van der Waals surface area contributed by atoms with E-state index in [9.17, 15) is 0 Å². The third-order valence-corrected chi connectivity index (χ3v) is 3.87. The molecule has 0 unspecified atom stereocenters. The van der Waals surface area contributed by atoms with Crippen LogP contribution in [0.2, 0.25) is 0 Å². The average molecular weight is 256 g/mol. The summed E-state index contributed by atoms with van der Waals surface area (Å²) in [5.74, 6) is 1.35. The molecule has 5 nitrogen and oxygen atoms in total. The number of fused-ring (bicyclic) bond motifs is 1. The van der Waals surface area contributed by atoms with Crippen LogP contribution in [0.15, 0.2) is 22.7 Å². The van der Waals surface area contributed by atoms with E-state index in [-0.39, 0.29) is 0 Å². The van der Waals surface area contributed by atoms with Crippen LogP contribution in [0.3, 0.4) is 0 Å². The van der Waals surface area contributed by atoms with E-state index in [1.165, 1.54) is 24.1 Å². The van der Waals surface area contributed by atoms with E-state index in [4.69, 9.17) is 4.52 Å². The fourth-order valence-corrected chi connectivity index (χ4v) is 2.82. The van der Waals surface area contributed by atoms with Gasteiger partial charge in [0.2, 0.25) is 0 Å². The van der Waals surface area contributed by atoms with Gasteiger partial charge in [-0.3, -0.25) is 0 Å². The molecule has 98 valence electrons. The van der Waals surface area contributed by atoms with Gasteiger partial charge in [-0.25, -0.2) is 0 Å². The number of benzene rings is 1. The van der Waals surface area contributed by atoms with E-state index in [1.807, 2.05) is 6.07 Å². The fraction of sp³-hybridized carbons (Fsp3) is 0.429. The molecular weight excluding hydrogens is 240 g/mol. The minimum Gasteiger partial charge on any atom is -0.384 e. The monoisotopic (exact) mass is 256 g/mol. The van der Waals surface area contributed by atoms with Gasteiger partial charge >= 0.3 is 0 Å². The van der Waals surface area contributed by atoms with Gasteiger partial charge in [0, 0.05) is 30.9 Å². The molecule has 1 fully saturated rings. The molecule has 2 aliphatic heterocycles. The molecule has 0 aliphatic carbocycles. The summed E-state index contributed by atoms with van der Waals surface area (Å²) >= 11 is 0. The second kappa shape index (κ2) is 4.26. The molecule has 0 bridgehead atoms. The number of hydrogen-bond donors (Lipinski definition) is 1. The minimum atomic E-state index is 0.622. The Labute approximate surface area is 111 Å². The summed E-state index contributed by atoms with van der Waals surface area (Å²) in [4.78, 5) is 6.70. The van der Waals surface area contributed by atoms with E-state index in [0.717, 1.165) is 37.6 Å². The number of nitrogens with zero attached hydrogens (tertiary/aromatic N) is 3. The molecule has 2 aliphatic rings. The van der Waals surface area contributed by atoms with E-state index >= 15 is 0 Å². The molecule has 0 radical (unpaired) electrons. The van der Waals surface area contributed by atoms with Gasteiger partial charge in [-0.1, -0.05) is 0 Å². The van der Waals surface area contributed by atoms with Crippen LogP contribution in [0.4, 0.5) is 11.6 Å². The van der Waals surface area contributed by atoms with E-state index in [2.05, 4.69) is 32.5 Å². The lowest BCUT2D eigenvalue weighted by Crippen LogP contribution is -2.18. The normalized spacial score (nSPS) is 17.6. The van der Waals surface area contributed by atoms with Crippen LogP contribution in [-0.4, -0.2) is 29.8 Å². The molecule has 19 heavy (non-hydrogen) atoms. The lowest BCUT2D eigenvalue weighted by molar-refractivity contribution is 0.430. The first-order valence-electron chi connectivity index (χ1n) is 6.86. The molecule has 2 aromatic rings. The summed E-state index contributed by atoms with van der Waals surface area (Å²) in [6, 6.07) is 6.28. The van der Waals surface area contributed by atoms with E-state index < -0.39 is 0 Å². The Morgan fingerprint density at radius 3 is 3.00 bits per heavy atom. The van der Waals surface area contributed by atoms with Gasteiger partial charge in [0.25, 0.3) is 11.8 Å². The highest BCUT2D eigenvalue weighted by Gasteiger charge is 2.19. The molecule has 0 amide bonds. The molecule has 1 saturated heterocycles. The van der Waals surface area contributed by atoms with Gasteiger partial charge in [-0.05, 0) is 48.2 Å². The Kier molecular flexibility index (Phi) is 2.43. The SMILES string of the molecule is c1cc2c(cc1-c1nc(N3CCCC3)no1)CCN2. The molecule has 0 atom stereocenters. The number of anilines is 2. The maximum Gasteiger partial charge on any atom is 0.266 e. The third-order valence-electron chi connectivity index (χ3n) is 3.87. The second-order valence-corrected chi connectivity index (χ2v) is 5.14. The molecule has 1 N–H and O–H groups in total. The lowest BCUT2D eigenvalue weighted by atomic mass is 10.1. The Morgan fingerprint density at radius 2 is 2.11 bits per heavy atom. The molecular formula is C14H16N4O. The highest BCUT2D eigenvalue weighted by molar-refractivity contribution is 5.65. The van der Waals surface area contributed by atoms with Crippen molar-refractivity contribution >= 4 is 11.6 Å². The summed E-state index contributed by atoms with van der Waals surface area (Å²) in [7, 11) is 0. The first-order valence-corrected chi connectivity index (χ1v) is 6.86. The summed E-state index contributed by atoms with van der Waals surface area (Å²) < 4.78 is 5.40. The van der Waals surface area contributed by atoms with Gasteiger partial charge in [-0.2, -0.15) is 4.98 Å². The molecule has 4 rings (SSSR count). The maximum atomic E-state index is 5.40. The van der Waals surface area contributed by atoms with Crippen molar-refractivity contribution in [2.45, 2.75) is 19.3 Å². The highest BCUT2D eigenvalue weighted by Crippen LogP contribution is 2.29. The number of hydrogen-bond acceptors (Lipinski definition) is 5. The summed E-state index contributed by atoms with van der Waals surface area (Å²) in [5.41, 5.74) is 3.57. The Balaban J connectivity index is 1.65. The van der Waals surface area contributed by atoms with Crippen LogP contribution in [0.25, 0.3) is 11.5 Å². The van der Waals surface area contributed by atoms with Crippen LogP contribution in [0.5, 0.6) is 0 Å². The number of nitrogens with one attached hydrogen (secondary N) is 1. The smallest absolute Gasteiger partial charge is 0.266 e. The van der Waals surface area contributed by atoms with Crippen molar-refractivity contribution in [1.82, 2.24) is 10.1 Å². The quantitative estimate of drug-likeness (QED) is 0.893. The molecule has 5 heteroatoms. The lowest BCUT2D eigenvalue weighted by Gasteiger charge is -2.09. The molecule has 1 aromatic heterocycles. The zero-order chi connectivity index (χ0) is 12.7. The summed E-state index contributed by atoms with van der Waals surface area (Å²) in [6.07, 6.45) is 3.50. The van der Waals surface area contributed by atoms with Crippen molar-refractivity contribution < 1.29 is 4.52 Å². The van der Waals surface area contributed by atoms with E-state index in [1.54, 1.807) is 0 Å². The van der Waals surface area contributed by atoms with Crippen LogP contribution in [0.1, 0.15) is 18.4 Å². The van der Waals surface area contributed by atoms with Gasteiger partial charge in [0.05, 0.1) is 0 Å². The predicted molar refractivity (Wildman–Crippen MR) is 73.4 cm³/mol. The molecule has 1 aromatic carbocycles. The maximum absolute atomic E-state index is 5.40. The first kappa shape index (κ1) is 10.8. The van der Waals surface area contributed by atoms with Gasteiger partial charge in [-0.15, -0.1) is 0 Å². The number of rotatable bonds is 2. The Hall–Kier alpha value is -2.04. The standard InChI is InChI=1S/C14H16N4O/c1-2-8-18(7-1)14-16-13(19-17-14)11-3-4-12-10(9-11)5-6-15-12/h3-4,9,15H,1-2,5-8H2. The van der Waals surface area contributed by atoms with Crippen molar-refractivity contribution in [3.63, 3.8) is 0 Å². The van der Waals surface area contributed by atoms with Crippen molar-refractivity contribution in [3.8, 4) is 11.5 Å². The molecule has 0 spiro atoms. The number of aromatic nitrogens is 2. The average Bonchev–Trinajstić information content (AvgIpc) is 3.18. The Morgan fingerprint density at radius 1 is 1.21 bits per heavy atom. The summed E-state index contributed by atoms with van der Waals surface area (Å²) in [5, 5.41) is 7.45. The Bertz CT molecular complexity index is 601. The third kappa shape index (κ3) is 1.85. The topological polar surface area (TPSA) is 54.2 Å². The van der Waals surface area contributed by atoms with Crippen molar-refractivity contribution in [2.24, 2.45) is 0 Å². The largest absolute Gasteiger partial charge is 0.384 e. The van der Waals surface area contributed by atoms with Crippen molar-refractivity contribution in [1.29, 1.82) is 0 Å². The van der Waals surface area contributed by atoms with Crippen LogP contribution in [0, 0.1) is 0 Å². The molecule has 0 saturated carbocycles. The fourth-order valence-electron chi connectivity index (χ4n) is 2.82. The van der Waals surface area contributed by atoms with E-state index in [0.29, 0.717) is 5.89 Å².